The highest BCUT2D eigenvalue weighted by atomic mass is 16.5. The van der Waals surface area contributed by atoms with E-state index in [0.717, 1.165) is 54.0 Å². The standard InChI is InChI=1S/C22H25N3O4/c1-26-17-5-4-6-18(12-17)29-16-7-9-25(10-8-16)22-19-13-21(28-3)20(27-2)11-15(19)14-23-24-22/h4-6,11-14,16H,7-10H2,1-3H3. The molecule has 1 aliphatic heterocycles. The van der Waals surface area contributed by atoms with E-state index in [9.17, 15) is 0 Å². The van der Waals surface area contributed by atoms with Crippen molar-refractivity contribution in [3.05, 3.63) is 42.6 Å². The molecule has 0 aliphatic carbocycles. The van der Waals surface area contributed by atoms with Gasteiger partial charge >= 0.3 is 0 Å². The molecule has 0 N–H and O–H groups in total. The van der Waals surface area contributed by atoms with Crippen LogP contribution in [-0.4, -0.2) is 50.7 Å². The van der Waals surface area contributed by atoms with Gasteiger partial charge in [-0.3, -0.25) is 0 Å². The Hall–Kier alpha value is -3.22. The third-order valence-electron chi connectivity index (χ3n) is 5.23. The van der Waals surface area contributed by atoms with Gasteiger partial charge in [0.1, 0.15) is 17.6 Å². The van der Waals surface area contributed by atoms with E-state index in [4.69, 9.17) is 18.9 Å². The largest absolute Gasteiger partial charge is 0.497 e. The number of piperidine rings is 1. The number of rotatable bonds is 6. The first-order chi connectivity index (χ1) is 14.2. The molecule has 0 amide bonds. The molecule has 1 aromatic heterocycles. The van der Waals surface area contributed by atoms with Crippen molar-refractivity contribution < 1.29 is 18.9 Å². The van der Waals surface area contributed by atoms with Crippen LogP contribution in [0.3, 0.4) is 0 Å². The lowest BCUT2D eigenvalue weighted by molar-refractivity contribution is 0.170. The Morgan fingerprint density at radius 1 is 0.897 bits per heavy atom. The van der Waals surface area contributed by atoms with Crippen molar-refractivity contribution in [3.8, 4) is 23.0 Å². The maximum absolute atomic E-state index is 6.16. The van der Waals surface area contributed by atoms with Crippen LogP contribution >= 0.6 is 0 Å². The number of ether oxygens (including phenoxy) is 4. The zero-order valence-corrected chi connectivity index (χ0v) is 16.9. The zero-order valence-electron chi connectivity index (χ0n) is 16.9. The number of aromatic nitrogens is 2. The lowest BCUT2D eigenvalue weighted by Gasteiger charge is -2.33. The fourth-order valence-corrected chi connectivity index (χ4v) is 3.68. The highest BCUT2D eigenvalue weighted by Gasteiger charge is 2.24. The molecule has 2 aromatic carbocycles. The Morgan fingerprint density at radius 2 is 1.62 bits per heavy atom. The first-order valence-electron chi connectivity index (χ1n) is 9.65. The predicted molar refractivity (Wildman–Crippen MR) is 111 cm³/mol. The summed E-state index contributed by atoms with van der Waals surface area (Å²) in [7, 11) is 4.93. The summed E-state index contributed by atoms with van der Waals surface area (Å²) in [6.07, 6.45) is 3.72. The zero-order chi connectivity index (χ0) is 20.2. The molecule has 1 fully saturated rings. The molecule has 0 spiro atoms. The van der Waals surface area contributed by atoms with Crippen LogP contribution in [0, 0.1) is 0 Å². The van der Waals surface area contributed by atoms with E-state index in [1.165, 1.54) is 0 Å². The van der Waals surface area contributed by atoms with E-state index in [1.54, 1.807) is 27.5 Å². The van der Waals surface area contributed by atoms with Crippen molar-refractivity contribution in [3.63, 3.8) is 0 Å². The molecule has 0 saturated carbocycles. The summed E-state index contributed by atoms with van der Waals surface area (Å²) >= 11 is 0. The Bertz CT molecular complexity index is 987. The first kappa shape index (κ1) is 19.1. The Balaban J connectivity index is 1.50. The highest BCUT2D eigenvalue weighted by Crippen LogP contribution is 2.36. The van der Waals surface area contributed by atoms with Crippen LogP contribution in [0.5, 0.6) is 23.0 Å². The van der Waals surface area contributed by atoms with Crippen molar-refractivity contribution in [2.45, 2.75) is 18.9 Å². The lowest BCUT2D eigenvalue weighted by Crippen LogP contribution is -2.38. The minimum atomic E-state index is 0.163. The lowest BCUT2D eigenvalue weighted by atomic mass is 10.1. The van der Waals surface area contributed by atoms with Gasteiger partial charge in [0.2, 0.25) is 0 Å². The van der Waals surface area contributed by atoms with Crippen LogP contribution in [0.25, 0.3) is 10.8 Å². The topological polar surface area (TPSA) is 65.9 Å². The van der Waals surface area contributed by atoms with Gasteiger partial charge in [-0.2, -0.15) is 5.10 Å². The number of hydrogen-bond acceptors (Lipinski definition) is 7. The molecule has 152 valence electrons. The van der Waals surface area contributed by atoms with E-state index in [-0.39, 0.29) is 6.10 Å². The molecule has 4 rings (SSSR count). The summed E-state index contributed by atoms with van der Waals surface area (Å²) in [5.74, 6) is 3.87. The predicted octanol–water partition coefficient (Wildman–Crippen LogP) is 3.70. The second-order valence-corrected chi connectivity index (χ2v) is 6.95. The van der Waals surface area contributed by atoms with Gasteiger partial charge in [-0.25, -0.2) is 0 Å². The molecule has 0 unspecified atom stereocenters. The van der Waals surface area contributed by atoms with E-state index >= 15 is 0 Å². The average Bonchev–Trinajstić information content (AvgIpc) is 2.78. The summed E-state index contributed by atoms with van der Waals surface area (Å²) in [6, 6.07) is 11.6. The van der Waals surface area contributed by atoms with Crippen LogP contribution in [0.15, 0.2) is 42.6 Å². The van der Waals surface area contributed by atoms with Gasteiger partial charge in [0.25, 0.3) is 0 Å². The van der Waals surface area contributed by atoms with Crippen molar-refractivity contribution in [1.82, 2.24) is 10.2 Å². The van der Waals surface area contributed by atoms with Gasteiger partial charge in [-0.15, -0.1) is 5.10 Å². The highest BCUT2D eigenvalue weighted by molar-refractivity contribution is 5.94. The normalized spacial score (nSPS) is 14.7. The van der Waals surface area contributed by atoms with E-state index in [0.29, 0.717) is 11.5 Å². The SMILES string of the molecule is COc1cccc(OC2CCN(c3nncc4cc(OC)c(OC)cc34)CC2)c1. The summed E-state index contributed by atoms with van der Waals surface area (Å²) in [4.78, 5) is 2.26. The Labute approximate surface area is 170 Å². The molecule has 2 heterocycles. The summed E-state index contributed by atoms with van der Waals surface area (Å²) in [5, 5.41) is 10.6. The number of benzene rings is 2. The Kier molecular flexibility index (Phi) is 5.55. The van der Waals surface area contributed by atoms with Gasteiger partial charge < -0.3 is 23.8 Å². The maximum atomic E-state index is 6.16. The quantitative estimate of drug-likeness (QED) is 0.630. The fraction of sp³-hybridized carbons (Fsp3) is 0.364. The Morgan fingerprint density at radius 3 is 2.34 bits per heavy atom. The number of hydrogen-bond donors (Lipinski definition) is 0. The van der Waals surface area contributed by atoms with Crippen LogP contribution in [-0.2, 0) is 0 Å². The van der Waals surface area contributed by atoms with Gasteiger partial charge in [0.15, 0.2) is 17.3 Å². The van der Waals surface area contributed by atoms with E-state index < -0.39 is 0 Å². The van der Waals surface area contributed by atoms with Gasteiger partial charge in [0.05, 0.1) is 27.5 Å². The third-order valence-corrected chi connectivity index (χ3v) is 5.23. The van der Waals surface area contributed by atoms with Crippen LogP contribution in [0.2, 0.25) is 0 Å². The van der Waals surface area contributed by atoms with Crippen LogP contribution in [0.4, 0.5) is 5.82 Å². The molecule has 0 bridgehead atoms. The molecule has 1 saturated heterocycles. The first-order valence-corrected chi connectivity index (χ1v) is 9.65. The molecular formula is C22H25N3O4. The van der Waals surface area contributed by atoms with Crippen molar-refractivity contribution in [2.24, 2.45) is 0 Å². The smallest absolute Gasteiger partial charge is 0.161 e. The summed E-state index contributed by atoms with van der Waals surface area (Å²) in [6.45, 7) is 1.69. The molecule has 3 aromatic rings. The summed E-state index contributed by atoms with van der Waals surface area (Å²) < 4.78 is 22.3. The second kappa shape index (κ2) is 8.43. The van der Waals surface area contributed by atoms with Crippen LogP contribution in [0.1, 0.15) is 12.8 Å². The minimum absolute atomic E-state index is 0.163. The molecule has 29 heavy (non-hydrogen) atoms. The second-order valence-electron chi connectivity index (χ2n) is 6.95. The minimum Gasteiger partial charge on any atom is -0.497 e. The monoisotopic (exact) mass is 395 g/mol. The third kappa shape index (κ3) is 3.99. The fourth-order valence-electron chi connectivity index (χ4n) is 3.68. The molecular weight excluding hydrogens is 370 g/mol. The van der Waals surface area contributed by atoms with E-state index in [2.05, 4.69) is 15.1 Å². The number of anilines is 1. The maximum Gasteiger partial charge on any atom is 0.161 e. The number of methoxy groups -OCH3 is 3. The van der Waals surface area contributed by atoms with Gasteiger partial charge in [-0.1, -0.05) is 6.07 Å². The van der Waals surface area contributed by atoms with Gasteiger partial charge in [-0.05, 0) is 24.3 Å². The average molecular weight is 395 g/mol. The van der Waals surface area contributed by atoms with Crippen LogP contribution < -0.4 is 23.8 Å². The number of nitrogens with zero attached hydrogens (tertiary/aromatic N) is 3. The summed E-state index contributed by atoms with van der Waals surface area (Å²) in [5.41, 5.74) is 0. The molecule has 0 atom stereocenters. The molecule has 1 aliphatic rings. The number of fused-ring (bicyclic) bond motifs is 1. The van der Waals surface area contributed by atoms with Gasteiger partial charge in [0, 0.05) is 42.8 Å². The molecule has 0 radical (unpaired) electrons. The van der Waals surface area contributed by atoms with E-state index in [1.807, 2.05) is 36.4 Å². The van der Waals surface area contributed by atoms with Crippen molar-refractivity contribution >= 4 is 16.6 Å². The molecule has 7 heteroatoms. The van der Waals surface area contributed by atoms with Crippen molar-refractivity contribution in [1.29, 1.82) is 0 Å². The van der Waals surface area contributed by atoms with Crippen molar-refractivity contribution in [2.75, 3.05) is 39.3 Å². The molecule has 7 nitrogen and oxygen atoms in total.